The number of esters is 2. The lowest BCUT2D eigenvalue weighted by molar-refractivity contribution is -0.161. The Hall–Kier alpha value is -2.29. The number of phosphoric ester groups is 1. The number of rotatable bonds is 58. The van der Waals surface area contributed by atoms with Gasteiger partial charge in [-0.2, -0.15) is 0 Å². The van der Waals surface area contributed by atoms with Gasteiger partial charge in [0.1, 0.15) is 6.61 Å². The molecule has 0 aliphatic heterocycles. The third-order valence-corrected chi connectivity index (χ3v) is 14.4. The number of hydrogen-bond acceptors (Lipinski definition) is 8. The highest BCUT2D eigenvalue weighted by Gasteiger charge is 2.26. The molecule has 73 heavy (non-hydrogen) atoms. The zero-order valence-electron chi connectivity index (χ0n) is 47.6. The molecule has 2 atom stereocenters. The normalized spacial score (nSPS) is 13.4. The summed E-state index contributed by atoms with van der Waals surface area (Å²) in [6.45, 7) is 3.68. The van der Waals surface area contributed by atoms with Crippen LogP contribution in [0.25, 0.3) is 0 Å². The molecule has 426 valence electrons. The standard InChI is InChI=1S/C63H116NO8P/c1-3-5-7-9-11-13-15-17-19-21-23-24-25-26-27-28-29-30-31-32-33-34-35-36-38-40-42-44-46-48-50-52-54-56-63(66)72-61(60-71-73(67,68)70-58-57-64)59-69-62(65)55-53-51-49-47-45-43-41-39-37-22-20-18-16-14-12-10-8-6-4-2/h5,7,11,13,17,19,23-24,26-27,61H,3-4,6,8-10,12,14-16,18,20-22,25,28-60,64H2,1-2H3,(H,67,68)/b7-5-,13-11-,19-17-,24-23-,27-26-. The number of allylic oxidation sites excluding steroid dienone is 10. The summed E-state index contributed by atoms with van der Waals surface area (Å²) in [5, 5.41) is 0. The minimum absolute atomic E-state index is 0.0545. The fraction of sp³-hybridized carbons (Fsp3) is 0.810. The molecule has 0 fully saturated rings. The highest BCUT2D eigenvalue weighted by molar-refractivity contribution is 7.47. The summed E-state index contributed by atoms with van der Waals surface area (Å²) in [6.07, 6.45) is 74.3. The van der Waals surface area contributed by atoms with Crippen LogP contribution in [0.1, 0.15) is 296 Å². The minimum Gasteiger partial charge on any atom is -0.462 e. The lowest BCUT2D eigenvalue weighted by atomic mass is 10.0. The van der Waals surface area contributed by atoms with E-state index < -0.39 is 26.5 Å². The van der Waals surface area contributed by atoms with Gasteiger partial charge >= 0.3 is 19.8 Å². The van der Waals surface area contributed by atoms with Gasteiger partial charge in [-0.1, -0.05) is 286 Å². The van der Waals surface area contributed by atoms with E-state index in [1.165, 1.54) is 193 Å². The van der Waals surface area contributed by atoms with Crippen molar-refractivity contribution in [2.45, 2.75) is 302 Å². The molecule has 10 heteroatoms. The molecule has 0 aromatic rings. The molecule has 0 aromatic carbocycles. The van der Waals surface area contributed by atoms with E-state index in [1.54, 1.807) is 0 Å². The molecule has 0 radical (unpaired) electrons. The van der Waals surface area contributed by atoms with E-state index in [2.05, 4.69) is 74.6 Å². The van der Waals surface area contributed by atoms with Crippen LogP contribution in [0, 0.1) is 0 Å². The lowest BCUT2D eigenvalue weighted by Crippen LogP contribution is -2.29. The Morgan fingerprint density at radius 3 is 1.12 bits per heavy atom. The number of hydrogen-bond donors (Lipinski definition) is 2. The summed E-state index contributed by atoms with van der Waals surface area (Å²) in [4.78, 5) is 35.2. The van der Waals surface area contributed by atoms with Crippen molar-refractivity contribution in [1.29, 1.82) is 0 Å². The molecule has 0 amide bonds. The van der Waals surface area contributed by atoms with E-state index in [0.29, 0.717) is 6.42 Å². The summed E-state index contributed by atoms with van der Waals surface area (Å²) in [5.41, 5.74) is 5.39. The molecule has 2 unspecified atom stereocenters. The van der Waals surface area contributed by atoms with Crippen LogP contribution in [-0.4, -0.2) is 49.3 Å². The van der Waals surface area contributed by atoms with Crippen LogP contribution in [-0.2, 0) is 32.7 Å². The largest absolute Gasteiger partial charge is 0.472 e. The second-order valence-corrected chi connectivity index (χ2v) is 22.0. The van der Waals surface area contributed by atoms with E-state index in [4.69, 9.17) is 24.3 Å². The first-order chi connectivity index (χ1) is 35.8. The zero-order valence-corrected chi connectivity index (χ0v) is 48.5. The maximum Gasteiger partial charge on any atom is 0.472 e. The molecule has 0 bridgehead atoms. The Bertz CT molecular complexity index is 1380. The van der Waals surface area contributed by atoms with Gasteiger partial charge in [-0.25, -0.2) is 4.57 Å². The van der Waals surface area contributed by atoms with Crippen molar-refractivity contribution in [3.8, 4) is 0 Å². The van der Waals surface area contributed by atoms with Gasteiger partial charge in [-0.3, -0.25) is 18.6 Å². The Kier molecular flexibility index (Phi) is 57.1. The minimum atomic E-state index is -4.39. The number of carbonyl (C=O) groups excluding carboxylic acids is 2. The predicted molar refractivity (Wildman–Crippen MR) is 312 cm³/mol. The van der Waals surface area contributed by atoms with E-state index in [-0.39, 0.29) is 38.6 Å². The maximum atomic E-state index is 12.7. The van der Waals surface area contributed by atoms with Gasteiger partial charge < -0.3 is 20.1 Å². The van der Waals surface area contributed by atoms with Crippen LogP contribution < -0.4 is 5.73 Å². The van der Waals surface area contributed by atoms with Crippen molar-refractivity contribution in [2.75, 3.05) is 26.4 Å². The molecule has 0 aliphatic rings. The van der Waals surface area contributed by atoms with E-state index in [9.17, 15) is 19.0 Å². The van der Waals surface area contributed by atoms with Gasteiger partial charge in [0.25, 0.3) is 0 Å². The third-order valence-electron chi connectivity index (χ3n) is 13.4. The number of phosphoric acid groups is 1. The molecule has 0 saturated carbocycles. The molecule has 0 rings (SSSR count). The summed E-state index contributed by atoms with van der Waals surface area (Å²) in [6, 6.07) is 0. The Labute approximate surface area is 450 Å². The summed E-state index contributed by atoms with van der Waals surface area (Å²) < 4.78 is 33.1. The van der Waals surface area contributed by atoms with Crippen molar-refractivity contribution in [2.24, 2.45) is 5.73 Å². The molecule has 0 aromatic heterocycles. The molecular formula is C63H116NO8P. The van der Waals surface area contributed by atoms with Crippen molar-refractivity contribution < 1.29 is 37.6 Å². The van der Waals surface area contributed by atoms with Gasteiger partial charge in [0, 0.05) is 19.4 Å². The third kappa shape index (κ3) is 58.8. The average Bonchev–Trinajstić information content (AvgIpc) is 3.38. The molecule has 0 heterocycles. The smallest absolute Gasteiger partial charge is 0.462 e. The average molecular weight is 1050 g/mol. The topological polar surface area (TPSA) is 134 Å². The second kappa shape index (κ2) is 59.0. The Morgan fingerprint density at radius 2 is 0.753 bits per heavy atom. The number of nitrogens with two attached hydrogens (primary N) is 1. The molecule has 0 saturated heterocycles. The summed E-state index contributed by atoms with van der Waals surface area (Å²) in [5.74, 6) is -0.812. The first kappa shape index (κ1) is 70.7. The lowest BCUT2D eigenvalue weighted by Gasteiger charge is -2.19. The molecule has 9 nitrogen and oxygen atoms in total. The van der Waals surface area contributed by atoms with Crippen molar-refractivity contribution in [3.05, 3.63) is 60.8 Å². The van der Waals surface area contributed by atoms with Gasteiger partial charge in [0.15, 0.2) is 6.10 Å². The SMILES string of the molecule is CC/C=C\C/C=C\C/C=C\C/C=C\C/C=C\CCCCCCCCCCCCCCCCCCCC(=O)OC(COC(=O)CCCCCCCCCCCCCCCCCCCCC)COP(=O)(O)OCCN. The molecule has 3 N–H and O–H groups in total. The van der Waals surface area contributed by atoms with Crippen molar-refractivity contribution in [1.82, 2.24) is 0 Å². The van der Waals surface area contributed by atoms with Gasteiger partial charge in [-0.05, 0) is 57.8 Å². The van der Waals surface area contributed by atoms with Crippen LogP contribution in [0.15, 0.2) is 60.8 Å². The quantitative estimate of drug-likeness (QED) is 0.0264. The van der Waals surface area contributed by atoms with Crippen LogP contribution in [0.2, 0.25) is 0 Å². The van der Waals surface area contributed by atoms with Crippen molar-refractivity contribution >= 4 is 19.8 Å². The van der Waals surface area contributed by atoms with E-state index >= 15 is 0 Å². The highest BCUT2D eigenvalue weighted by Crippen LogP contribution is 2.43. The van der Waals surface area contributed by atoms with E-state index in [1.807, 2.05) is 0 Å². The highest BCUT2D eigenvalue weighted by atomic mass is 31.2. The number of carbonyl (C=O) groups is 2. The fourth-order valence-electron chi connectivity index (χ4n) is 8.90. The maximum absolute atomic E-state index is 12.7. The van der Waals surface area contributed by atoms with Gasteiger partial charge in [0.2, 0.25) is 0 Å². The van der Waals surface area contributed by atoms with Gasteiger partial charge in [-0.15, -0.1) is 0 Å². The first-order valence-electron chi connectivity index (χ1n) is 30.8. The fourth-order valence-corrected chi connectivity index (χ4v) is 9.67. The van der Waals surface area contributed by atoms with E-state index in [0.717, 1.165) is 70.6 Å². The number of ether oxygens (including phenoxy) is 2. The Morgan fingerprint density at radius 1 is 0.425 bits per heavy atom. The van der Waals surface area contributed by atoms with Crippen LogP contribution >= 0.6 is 7.82 Å². The molecular weight excluding hydrogens is 930 g/mol. The zero-order chi connectivity index (χ0) is 53.1. The van der Waals surface area contributed by atoms with Crippen LogP contribution in [0.5, 0.6) is 0 Å². The Balaban J connectivity index is 3.88. The first-order valence-corrected chi connectivity index (χ1v) is 32.3. The van der Waals surface area contributed by atoms with Crippen LogP contribution in [0.4, 0.5) is 0 Å². The predicted octanol–water partition coefficient (Wildman–Crippen LogP) is 19.5. The van der Waals surface area contributed by atoms with Crippen molar-refractivity contribution in [3.63, 3.8) is 0 Å². The molecule has 0 spiro atoms. The second-order valence-electron chi connectivity index (χ2n) is 20.6. The van der Waals surface area contributed by atoms with Crippen LogP contribution in [0.3, 0.4) is 0 Å². The number of unbranched alkanes of at least 4 members (excludes halogenated alkanes) is 35. The van der Waals surface area contributed by atoms with Gasteiger partial charge in [0.05, 0.1) is 13.2 Å². The molecule has 0 aliphatic carbocycles. The summed E-state index contributed by atoms with van der Waals surface area (Å²) in [7, 11) is -4.39. The monoisotopic (exact) mass is 1050 g/mol. The summed E-state index contributed by atoms with van der Waals surface area (Å²) >= 11 is 0.